The number of rotatable bonds is 5. The molecule has 2 heterocycles. The van der Waals surface area contributed by atoms with Gasteiger partial charge in [0.25, 0.3) is 0 Å². The molecule has 0 aliphatic heterocycles. The highest BCUT2D eigenvalue weighted by molar-refractivity contribution is 6.13. The Bertz CT molecular complexity index is 3090. The standard InChI is InChI=1S/C52H40N2/c1-5-14-37-31-52(54-49-21-12-8-17-43(49)44-18-9-13-22-50(44)54)38(32-51(37)53-47-19-10-6-15-41(47)42-16-7-11-20-48(42)53)26-24-36-25-28-40-39-27-23-33(2)29-45(39)34(3)35(4)46(40)30-36/h5-32H,1-4H3/b14-5+,26-24+. The number of para-hydroxylation sites is 4. The van der Waals surface area contributed by atoms with Gasteiger partial charge in [-0.3, -0.25) is 0 Å². The Morgan fingerprint density at radius 3 is 1.28 bits per heavy atom. The van der Waals surface area contributed by atoms with Gasteiger partial charge >= 0.3 is 0 Å². The molecule has 0 fully saturated rings. The zero-order valence-corrected chi connectivity index (χ0v) is 31.1. The number of allylic oxidation sites excluding steroid dienone is 1. The lowest BCUT2D eigenvalue weighted by Gasteiger charge is -2.18. The quantitative estimate of drug-likeness (QED) is 0.126. The minimum atomic E-state index is 1.15. The first kappa shape index (κ1) is 32.0. The second-order valence-electron chi connectivity index (χ2n) is 14.6. The summed E-state index contributed by atoms with van der Waals surface area (Å²) in [5.74, 6) is 0. The fourth-order valence-corrected chi connectivity index (χ4v) is 8.81. The Morgan fingerprint density at radius 2 is 0.796 bits per heavy atom. The number of aromatic nitrogens is 2. The van der Waals surface area contributed by atoms with Crippen LogP contribution in [0.1, 0.15) is 40.3 Å². The number of hydrogen-bond acceptors (Lipinski definition) is 0. The Balaban J connectivity index is 1.26. The largest absolute Gasteiger partial charge is 0.309 e. The van der Waals surface area contributed by atoms with Crippen molar-refractivity contribution in [3.8, 4) is 11.4 Å². The van der Waals surface area contributed by atoms with Crippen LogP contribution >= 0.6 is 0 Å². The van der Waals surface area contributed by atoms with Crippen molar-refractivity contribution in [2.24, 2.45) is 0 Å². The molecule has 0 aliphatic rings. The molecular formula is C52H40N2. The third-order valence-electron chi connectivity index (χ3n) is 11.5. The molecule has 2 heteroatoms. The molecule has 0 saturated carbocycles. The summed E-state index contributed by atoms with van der Waals surface area (Å²) in [4.78, 5) is 0. The van der Waals surface area contributed by atoms with Crippen LogP contribution in [0.4, 0.5) is 0 Å². The van der Waals surface area contributed by atoms with Crippen LogP contribution in [-0.2, 0) is 0 Å². The number of hydrogen-bond donors (Lipinski definition) is 0. The predicted octanol–water partition coefficient (Wildman–Crippen LogP) is 14.3. The van der Waals surface area contributed by atoms with Crippen molar-refractivity contribution in [2.45, 2.75) is 27.7 Å². The summed E-state index contributed by atoms with van der Waals surface area (Å²) in [6, 6.07) is 53.7. The zero-order chi connectivity index (χ0) is 36.5. The zero-order valence-electron chi connectivity index (χ0n) is 31.1. The van der Waals surface area contributed by atoms with Crippen LogP contribution in [0, 0.1) is 20.8 Å². The molecule has 0 bridgehead atoms. The smallest absolute Gasteiger partial charge is 0.0542 e. The highest BCUT2D eigenvalue weighted by Crippen LogP contribution is 2.39. The van der Waals surface area contributed by atoms with Crippen molar-refractivity contribution in [1.82, 2.24) is 9.13 Å². The SMILES string of the molecule is C/C=C/c1cc(-n2c3ccccc3c3ccccc32)c(/C=C/c2ccc3c(c2)c(C)c(C)c2cc(C)ccc23)cc1-n1c2ccccc2c2ccccc21. The van der Waals surface area contributed by atoms with Crippen LogP contribution in [0.3, 0.4) is 0 Å². The fourth-order valence-electron chi connectivity index (χ4n) is 8.81. The molecule has 10 aromatic rings. The first-order valence-corrected chi connectivity index (χ1v) is 18.9. The van der Waals surface area contributed by atoms with E-state index < -0.39 is 0 Å². The summed E-state index contributed by atoms with van der Waals surface area (Å²) in [5.41, 5.74) is 14.6. The minimum Gasteiger partial charge on any atom is -0.309 e. The molecule has 0 radical (unpaired) electrons. The maximum absolute atomic E-state index is 2.45. The minimum absolute atomic E-state index is 1.15. The summed E-state index contributed by atoms with van der Waals surface area (Å²) in [6.45, 7) is 8.82. The average Bonchev–Trinajstić information content (AvgIpc) is 3.72. The summed E-state index contributed by atoms with van der Waals surface area (Å²) >= 11 is 0. The van der Waals surface area contributed by atoms with Gasteiger partial charge in [-0.2, -0.15) is 0 Å². The second-order valence-corrected chi connectivity index (χ2v) is 14.6. The molecule has 0 spiro atoms. The van der Waals surface area contributed by atoms with E-state index in [-0.39, 0.29) is 0 Å². The van der Waals surface area contributed by atoms with Gasteiger partial charge in [-0.25, -0.2) is 0 Å². The molecule has 54 heavy (non-hydrogen) atoms. The van der Waals surface area contributed by atoms with E-state index in [2.05, 4.69) is 207 Å². The van der Waals surface area contributed by atoms with E-state index >= 15 is 0 Å². The normalized spacial score (nSPS) is 12.3. The van der Waals surface area contributed by atoms with E-state index in [4.69, 9.17) is 0 Å². The fraction of sp³-hybridized carbons (Fsp3) is 0.0769. The van der Waals surface area contributed by atoms with Crippen molar-refractivity contribution in [3.05, 3.63) is 185 Å². The van der Waals surface area contributed by atoms with Crippen LogP contribution in [0.15, 0.2) is 152 Å². The number of benzene rings is 8. The molecule has 0 unspecified atom stereocenters. The molecule has 2 nitrogen and oxygen atoms in total. The summed E-state index contributed by atoms with van der Waals surface area (Å²) in [7, 11) is 0. The molecule has 10 rings (SSSR count). The van der Waals surface area contributed by atoms with E-state index in [0.717, 1.165) is 22.5 Å². The van der Waals surface area contributed by atoms with Crippen molar-refractivity contribution >= 4 is 83.4 Å². The van der Waals surface area contributed by atoms with E-state index in [1.165, 1.54) is 87.4 Å². The third kappa shape index (κ3) is 4.87. The lowest BCUT2D eigenvalue weighted by atomic mass is 9.91. The first-order chi connectivity index (χ1) is 26.5. The van der Waals surface area contributed by atoms with Gasteiger partial charge in [0.2, 0.25) is 0 Å². The van der Waals surface area contributed by atoms with E-state index in [1.807, 2.05) is 0 Å². The van der Waals surface area contributed by atoms with Gasteiger partial charge in [0, 0.05) is 32.7 Å². The predicted molar refractivity (Wildman–Crippen MR) is 234 cm³/mol. The molecule has 0 saturated heterocycles. The van der Waals surface area contributed by atoms with E-state index in [9.17, 15) is 0 Å². The third-order valence-corrected chi connectivity index (χ3v) is 11.5. The van der Waals surface area contributed by atoms with Crippen molar-refractivity contribution < 1.29 is 0 Å². The van der Waals surface area contributed by atoms with Gasteiger partial charge in [-0.05, 0) is 108 Å². The maximum atomic E-state index is 2.45. The number of aryl methyl sites for hydroxylation is 3. The van der Waals surface area contributed by atoms with Gasteiger partial charge < -0.3 is 9.13 Å². The monoisotopic (exact) mass is 692 g/mol. The summed E-state index contributed by atoms with van der Waals surface area (Å²) in [6.07, 6.45) is 9.03. The Morgan fingerprint density at radius 1 is 0.370 bits per heavy atom. The van der Waals surface area contributed by atoms with E-state index in [1.54, 1.807) is 0 Å². The molecule has 0 aliphatic carbocycles. The number of nitrogens with zero attached hydrogens (tertiary/aromatic N) is 2. The summed E-state index contributed by atoms with van der Waals surface area (Å²) in [5, 5.41) is 10.3. The van der Waals surface area contributed by atoms with Crippen LogP contribution in [0.2, 0.25) is 0 Å². The van der Waals surface area contributed by atoms with Gasteiger partial charge in [0.1, 0.15) is 0 Å². The first-order valence-electron chi connectivity index (χ1n) is 18.9. The Hall–Kier alpha value is -6.64. The van der Waals surface area contributed by atoms with Gasteiger partial charge in [-0.15, -0.1) is 0 Å². The Kier molecular flexibility index (Phi) is 7.42. The lowest BCUT2D eigenvalue weighted by Crippen LogP contribution is -2.03. The molecule has 0 amide bonds. The highest BCUT2D eigenvalue weighted by Gasteiger charge is 2.19. The van der Waals surface area contributed by atoms with Gasteiger partial charge in [-0.1, -0.05) is 133 Å². The van der Waals surface area contributed by atoms with Crippen molar-refractivity contribution in [1.29, 1.82) is 0 Å². The number of fused-ring (bicyclic) bond motifs is 9. The van der Waals surface area contributed by atoms with Crippen LogP contribution < -0.4 is 0 Å². The topological polar surface area (TPSA) is 9.86 Å². The second kappa shape index (κ2) is 12.5. The molecule has 8 aromatic carbocycles. The van der Waals surface area contributed by atoms with E-state index in [0.29, 0.717) is 0 Å². The lowest BCUT2D eigenvalue weighted by molar-refractivity contribution is 1.13. The highest BCUT2D eigenvalue weighted by atomic mass is 15.0. The Labute approximate surface area is 315 Å². The van der Waals surface area contributed by atoms with Crippen LogP contribution in [0.5, 0.6) is 0 Å². The van der Waals surface area contributed by atoms with Crippen molar-refractivity contribution in [2.75, 3.05) is 0 Å². The molecule has 0 N–H and O–H groups in total. The van der Waals surface area contributed by atoms with Crippen LogP contribution in [0.25, 0.3) is 94.8 Å². The van der Waals surface area contributed by atoms with Gasteiger partial charge in [0.05, 0.1) is 33.4 Å². The van der Waals surface area contributed by atoms with Gasteiger partial charge in [0.15, 0.2) is 0 Å². The molecule has 0 atom stereocenters. The molecular weight excluding hydrogens is 653 g/mol. The average molecular weight is 693 g/mol. The maximum Gasteiger partial charge on any atom is 0.0542 e. The molecule has 2 aromatic heterocycles. The summed E-state index contributed by atoms with van der Waals surface area (Å²) < 4.78 is 4.90. The van der Waals surface area contributed by atoms with Crippen LogP contribution in [-0.4, -0.2) is 9.13 Å². The van der Waals surface area contributed by atoms with Crippen molar-refractivity contribution in [3.63, 3.8) is 0 Å². The molecule has 258 valence electrons.